The maximum Gasteiger partial charge on any atom is 0.323 e. The second-order valence-corrected chi connectivity index (χ2v) is 7.59. The molecule has 32 heavy (non-hydrogen) atoms. The van der Waals surface area contributed by atoms with Crippen LogP contribution in [0.1, 0.15) is 11.3 Å². The molecule has 4 aromatic rings. The molecule has 0 unspecified atom stereocenters. The van der Waals surface area contributed by atoms with Gasteiger partial charge >= 0.3 is 5.69 Å². The molecule has 0 bridgehead atoms. The summed E-state index contributed by atoms with van der Waals surface area (Å²) in [6, 6.07) is 9.32. The molecule has 0 amide bonds. The Kier molecular flexibility index (Phi) is 4.98. The van der Waals surface area contributed by atoms with E-state index >= 15 is 0 Å². The van der Waals surface area contributed by atoms with Gasteiger partial charge in [0.2, 0.25) is 0 Å². The summed E-state index contributed by atoms with van der Waals surface area (Å²) in [4.78, 5) is 37.0. The predicted molar refractivity (Wildman–Crippen MR) is 120 cm³/mol. The normalized spacial score (nSPS) is 14.6. The Balaban J connectivity index is 1.57. The molecule has 3 N–H and O–H groups in total. The summed E-state index contributed by atoms with van der Waals surface area (Å²) in [5, 5.41) is 3.01. The fraction of sp³-hybridized carbons (Fsp3) is 0.227. The number of morpholine rings is 1. The molecule has 1 aliphatic rings. The number of hydrogen-bond acceptors (Lipinski definition) is 5. The van der Waals surface area contributed by atoms with Gasteiger partial charge in [0.25, 0.3) is 5.56 Å². The van der Waals surface area contributed by atoms with E-state index in [-0.39, 0.29) is 17.1 Å². The van der Waals surface area contributed by atoms with E-state index in [0.717, 1.165) is 5.69 Å². The van der Waals surface area contributed by atoms with Crippen LogP contribution in [-0.4, -0.2) is 52.3 Å². The summed E-state index contributed by atoms with van der Waals surface area (Å²) in [6.07, 6.45) is 1.52. The van der Waals surface area contributed by atoms with Crippen LogP contribution in [0.15, 0.2) is 51.0 Å². The number of anilines is 1. The number of nitrogens with zero attached hydrogens (tertiary/aromatic N) is 3. The van der Waals surface area contributed by atoms with Crippen molar-refractivity contribution in [2.75, 3.05) is 31.2 Å². The Labute approximate surface area is 181 Å². The first-order valence-corrected chi connectivity index (χ1v) is 10.2. The minimum absolute atomic E-state index is 0.290. The van der Waals surface area contributed by atoms with Gasteiger partial charge in [-0.2, -0.15) is 0 Å². The summed E-state index contributed by atoms with van der Waals surface area (Å²) in [7, 11) is 0. The maximum atomic E-state index is 13.2. The highest BCUT2D eigenvalue weighted by Crippen LogP contribution is 2.32. The first-order chi connectivity index (χ1) is 15.5. The molecule has 0 atom stereocenters. The van der Waals surface area contributed by atoms with Gasteiger partial charge in [0.05, 0.1) is 46.9 Å². The molecular formula is C22H21FN6O3. The van der Waals surface area contributed by atoms with Gasteiger partial charge in [-0.1, -0.05) is 0 Å². The number of aliphatic imine (C=N–C) groups is 1. The molecular weight excluding hydrogens is 415 g/mol. The lowest BCUT2D eigenvalue weighted by Gasteiger charge is -2.29. The molecule has 10 heteroatoms. The summed E-state index contributed by atoms with van der Waals surface area (Å²) >= 11 is 0. The number of H-pyrrole nitrogens is 3. The monoisotopic (exact) mass is 436 g/mol. The summed E-state index contributed by atoms with van der Waals surface area (Å²) in [6.45, 7) is 4.37. The van der Waals surface area contributed by atoms with Crippen LogP contribution in [0.4, 0.5) is 15.8 Å². The van der Waals surface area contributed by atoms with E-state index < -0.39 is 0 Å². The van der Waals surface area contributed by atoms with Crippen molar-refractivity contribution in [3.05, 3.63) is 74.3 Å². The topological polar surface area (TPSA) is 111 Å². The smallest absolute Gasteiger partial charge is 0.323 e. The van der Waals surface area contributed by atoms with Crippen molar-refractivity contribution in [2.24, 2.45) is 4.99 Å². The Bertz CT molecular complexity index is 1420. The van der Waals surface area contributed by atoms with Gasteiger partial charge in [0.15, 0.2) is 0 Å². The first kappa shape index (κ1) is 20.0. The van der Waals surface area contributed by atoms with E-state index in [0.29, 0.717) is 60.0 Å². The second-order valence-electron chi connectivity index (χ2n) is 7.59. The molecule has 1 saturated heterocycles. The van der Waals surface area contributed by atoms with E-state index in [1.807, 2.05) is 6.07 Å². The van der Waals surface area contributed by atoms with Crippen molar-refractivity contribution in [2.45, 2.75) is 6.92 Å². The molecule has 3 heterocycles. The number of rotatable bonds is 4. The summed E-state index contributed by atoms with van der Waals surface area (Å²) in [5.74, 6) is -0.374. The first-order valence-electron chi connectivity index (χ1n) is 10.2. The quantitative estimate of drug-likeness (QED) is 0.427. The van der Waals surface area contributed by atoms with Gasteiger partial charge in [-0.3, -0.25) is 14.9 Å². The molecule has 0 spiro atoms. The minimum Gasteiger partial charge on any atom is -0.378 e. The lowest BCUT2D eigenvalue weighted by atomic mass is 10.2. The highest BCUT2D eigenvalue weighted by Gasteiger charge is 2.17. The van der Waals surface area contributed by atoms with Crippen molar-refractivity contribution in [3.63, 3.8) is 0 Å². The maximum absolute atomic E-state index is 13.2. The van der Waals surface area contributed by atoms with Gasteiger partial charge in [-0.25, -0.2) is 13.9 Å². The molecule has 9 nitrogen and oxygen atoms in total. The van der Waals surface area contributed by atoms with Crippen LogP contribution in [0.3, 0.4) is 0 Å². The van der Waals surface area contributed by atoms with Gasteiger partial charge in [-0.15, -0.1) is 0 Å². The van der Waals surface area contributed by atoms with Crippen molar-refractivity contribution >= 4 is 28.6 Å². The number of aryl methyl sites for hydroxylation is 1. The number of aromatic nitrogens is 4. The van der Waals surface area contributed by atoms with Crippen LogP contribution in [0.2, 0.25) is 0 Å². The largest absolute Gasteiger partial charge is 0.378 e. The minimum atomic E-state index is -0.374. The Morgan fingerprint density at radius 1 is 1.06 bits per heavy atom. The number of imidazole rings is 1. The summed E-state index contributed by atoms with van der Waals surface area (Å²) < 4.78 is 20.0. The van der Waals surface area contributed by atoms with Crippen molar-refractivity contribution in [3.8, 4) is 5.69 Å². The van der Waals surface area contributed by atoms with Crippen LogP contribution in [-0.2, 0) is 4.74 Å². The molecule has 1 fully saturated rings. The average Bonchev–Trinajstić information content (AvgIpc) is 3.30. The highest BCUT2D eigenvalue weighted by molar-refractivity contribution is 5.91. The fourth-order valence-electron chi connectivity index (χ4n) is 3.84. The van der Waals surface area contributed by atoms with Crippen LogP contribution in [0.5, 0.6) is 0 Å². The Morgan fingerprint density at radius 3 is 2.47 bits per heavy atom. The lowest BCUT2D eigenvalue weighted by Crippen LogP contribution is -2.36. The van der Waals surface area contributed by atoms with Crippen LogP contribution >= 0.6 is 0 Å². The third kappa shape index (κ3) is 3.65. The zero-order valence-electron chi connectivity index (χ0n) is 17.3. The van der Waals surface area contributed by atoms with Gasteiger partial charge in [0, 0.05) is 25.0 Å². The van der Waals surface area contributed by atoms with Crippen molar-refractivity contribution < 1.29 is 9.13 Å². The van der Waals surface area contributed by atoms with Gasteiger partial charge in [-0.05, 0) is 43.3 Å². The zero-order valence-corrected chi connectivity index (χ0v) is 17.3. The van der Waals surface area contributed by atoms with Crippen LogP contribution < -0.4 is 16.1 Å². The van der Waals surface area contributed by atoms with Crippen molar-refractivity contribution in [1.82, 2.24) is 19.7 Å². The number of hydrogen-bond donors (Lipinski definition) is 3. The molecule has 2 aromatic heterocycles. The SMILES string of the molecule is Cc1[nH]n(-c2ccc(F)cc2)c(=O)c1C=Nc1cc2[nH]c(=O)[nH]c2cc1N1CCOCC1. The van der Waals surface area contributed by atoms with Crippen LogP contribution in [0, 0.1) is 12.7 Å². The standard InChI is InChI=1S/C22H21FN6O3/c1-13-16(21(30)29(27-13)15-4-2-14(23)3-5-15)12-24-19-10-17-18(26-22(31)25-17)11-20(19)28-6-8-32-9-7-28/h2-5,10-12,27H,6-9H2,1H3,(H2,25,26,31). The highest BCUT2D eigenvalue weighted by atomic mass is 19.1. The summed E-state index contributed by atoms with van der Waals surface area (Å²) in [5.41, 5.74) is 3.76. The number of nitrogens with one attached hydrogen (secondary N) is 3. The van der Waals surface area contributed by atoms with Crippen LogP contribution in [0.25, 0.3) is 16.7 Å². The Morgan fingerprint density at radius 2 is 1.75 bits per heavy atom. The van der Waals surface area contributed by atoms with E-state index in [4.69, 9.17) is 4.74 Å². The Hall–Kier alpha value is -3.92. The number of fused-ring (bicyclic) bond motifs is 1. The molecule has 2 aromatic carbocycles. The molecule has 0 aliphatic carbocycles. The molecule has 5 rings (SSSR count). The van der Waals surface area contributed by atoms with Gasteiger partial charge in [0.1, 0.15) is 5.82 Å². The molecule has 0 saturated carbocycles. The second kappa shape index (κ2) is 7.97. The lowest BCUT2D eigenvalue weighted by molar-refractivity contribution is 0.123. The molecule has 1 aliphatic heterocycles. The van der Waals surface area contributed by atoms with E-state index in [9.17, 15) is 14.0 Å². The number of benzene rings is 2. The van der Waals surface area contributed by atoms with Gasteiger partial charge < -0.3 is 19.6 Å². The van der Waals surface area contributed by atoms with E-state index in [2.05, 4.69) is 25.0 Å². The average molecular weight is 436 g/mol. The third-order valence-electron chi connectivity index (χ3n) is 5.50. The number of aromatic amines is 3. The van der Waals surface area contributed by atoms with E-state index in [1.54, 1.807) is 13.0 Å². The molecule has 0 radical (unpaired) electrons. The molecule has 164 valence electrons. The van der Waals surface area contributed by atoms with Crippen molar-refractivity contribution in [1.29, 1.82) is 0 Å². The van der Waals surface area contributed by atoms with E-state index in [1.165, 1.54) is 35.2 Å². The fourth-order valence-corrected chi connectivity index (χ4v) is 3.84. The third-order valence-corrected chi connectivity index (χ3v) is 5.50. The number of halogens is 1. The zero-order chi connectivity index (χ0) is 22.2. The predicted octanol–water partition coefficient (Wildman–Crippen LogP) is 2.37. The number of ether oxygens (including phenoxy) is 1.